The average molecular weight is 547 g/mol. The molecule has 0 aromatic heterocycles. The highest BCUT2D eigenvalue weighted by Gasteiger charge is 2.37. The molecular weight excluding hydrogens is 524 g/mol. The van der Waals surface area contributed by atoms with E-state index >= 15 is 0 Å². The summed E-state index contributed by atoms with van der Waals surface area (Å²) in [7, 11) is 3.63. The van der Waals surface area contributed by atoms with Gasteiger partial charge in [0.15, 0.2) is 0 Å². The summed E-state index contributed by atoms with van der Waals surface area (Å²) in [4.78, 5) is 27.0. The van der Waals surface area contributed by atoms with E-state index in [0.29, 0.717) is 12.1 Å². The van der Waals surface area contributed by atoms with E-state index < -0.39 is 51.8 Å². The summed E-state index contributed by atoms with van der Waals surface area (Å²) < 4.78 is 80.0. The molecule has 2 atom stereocenters. The number of likely N-dealkylation sites (N-methyl/N-ethyl adjacent to an activating group) is 1. The van der Waals surface area contributed by atoms with Crippen LogP contribution >= 0.6 is 0 Å². The number of rotatable bonds is 8. The number of benzene rings is 3. The summed E-state index contributed by atoms with van der Waals surface area (Å²) >= 11 is 0. The molecule has 204 valence electrons. The molecule has 2 unspecified atom stereocenters. The average Bonchev–Trinajstić information content (AvgIpc) is 2.89. The van der Waals surface area contributed by atoms with Gasteiger partial charge in [-0.1, -0.05) is 60.7 Å². The summed E-state index contributed by atoms with van der Waals surface area (Å²) in [6.45, 7) is 0. The molecule has 4 aromatic carbocycles. The van der Waals surface area contributed by atoms with Crippen LogP contribution in [0, 0.1) is 0 Å². The van der Waals surface area contributed by atoms with Crippen molar-refractivity contribution < 1.29 is 26.3 Å². The molecule has 0 aliphatic heterocycles. The zero-order valence-electron chi connectivity index (χ0n) is 20.7. The number of hydrogen-bond acceptors (Lipinski definition) is 5. The van der Waals surface area contributed by atoms with Gasteiger partial charge in [0.05, 0.1) is 23.2 Å². The molecule has 4 rings (SSSR count). The van der Waals surface area contributed by atoms with Gasteiger partial charge in [-0.3, -0.25) is 9.59 Å². The van der Waals surface area contributed by atoms with Crippen molar-refractivity contribution >= 4 is 17.1 Å². The first kappa shape index (κ1) is 27.9. The Morgan fingerprint density at radius 2 is 1.13 bits per heavy atom. The van der Waals surface area contributed by atoms with E-state index in [4.69, 9.17) is 0 Å². The van der Waals surface area contributed by atoms with Crippen LogP contribution in [0.5, 0.6) is 0 Å². The third-order valence-corrected chi connectivity index (χ3v) is 6.24. The van der Waals surface area contributed by atoms with Crippen molar-refractivity contribution in [1.82, 2.24) is 4.90 Å². The molecule has 11 heteroatoms. The Hall–Kier alpha value is -4.12. The fraction of sp³-hybridized carbons (Fsp3) is 0.214. The first-order valence-electron chi connectivity index (χ1n) is 11.7. The maximum Gasteiger partial charge on any atom is 0.416 e. The Morgan fingerprint density at radius 1 is 0.667 bits per heavy atom. The van der Waals surface area contributed by atoms with Crippen molar-refractivity contribution in [2.45, 2.75) is 24.4 Å². The van der Waals surface area contributed by atoms with Gasteiger partial charge in [0.25, 0.3) is 10.9 Å². The van der Waals surface area contributed by atoms with E-state index in [1.165, 1.54) is 0 Å². The number of nitrogens with one attached hydrogen (secondary N) is 2. The van der Waals surface area contributed by atoms with Gasteiger partial charge in [-0.05, 0) is 43.4 Å². The fourth-order valence-corrected chi connectivity index (χ4v) is 4.42. The minimum Gasteiger partial charge on any atom is -0.371 e. The number of hydrogen-bond donors (Lipinski definition) is 2. The third kappa shape index (κ3) is 5.98. The molecule has 4 aromatic rings. The van der Waals surface area contributed by atoms with Gasteiger partial charge in [-0.25, -0.2) is 0 Å². The first-order valence-corrected chi connectivity index (χ1v) is 11.7. The zero-order valence-corrected chi connectivity index (χ0v) is 20.7. The SMILES string of the molecule is CN(C)C(c1ccccc1)C(Nc1c(Nc2cc(C(F)(F)F)cc(C(F)(F)F)c2)c(=O)c1=O)c1ccccc1. The molecule has 0 aliphatic carbocycles. The van der Waals surface area contributed by atoms with Crippen LogP contribution in [-0.4, -0.2) is 19.0 Å². The van der Waals surface area contributed by atoms with Gasteiger partial charge in [-0.2, -0.15) is 26.3 Å². The molecule has 0 radical (unpaired) electrons. The lowest BCUT2D eigenvalue weighted by Gasteiger charge is -2.35. The molecule has 0 aliphatic rings. The highest BCUT2D eigenvalue weighted by Crippen LogP contribution is 2.40. The first-order chi connectivity index (χ1) is 18.3. The third-order valence-electron chi connectivity index (χ3n) is 6.24. The Morgan fingerprint density at radius 3 is 1.59 bits per heavy atom. The van der Waals surface area contributed by atoms with Crippen molar-refractivity contribution in [3.05, 3.63) is 122 Å². The van der Waals surface area contributed by atoms with Gasteiger partial charge in [0, 0.05) is 5.69 Å². The Labute approximate surface area is 219 Å². The highest BCUT2D eigenvalue weighted by atomic mass is 19.4. The zero-order chi connectivity index (χ0) is 28.5. The van der Waals surface area contributed by atoms with Crippen LogP contribution in [-0.2, 0) is 12.4 Å². The van der Waals surface area contributed by atoms with Crippen molar-refractivity contribution in [2.75, 3.05) is 24.7 Å². The predicted molar refractivity (Wildman–Crippen MR) is 137 cm³/mol. The smallest absolute Gasteiger partial charge is 0.371 e. The molecule has 2 N–H and O–H groups in total. The highest BCUT2D eigenvalue weighted by molar-refractivity contribution is 5.79. The molecule has 0 fully saturated rings. The largest absolute Gasteiger partial charge is 0.416 e. The Kier molecular flexibility index (Phi) is 7.56. The number of nitrogens with zero attached hydrogens (tertiary/aromatic N) is 1. The van der Waals surface area contributed by atoms with Crippen LogP contribution in [0.1, 0.15) is 34.3 Å². The molecule has 0 saturated heterocycles. The minimum absolute atomic E-state index is 0.0144. The summed E-state index contributed by atoms with van der Waals surface area (Å²) in [5, 5.41) is 5.38. The van der Waals surface area contributed by atoms with Crippen LogP contribution in [0.2, 0.25) is 0 Å². The minimum atomic E-state index is -5.07. The van der Waals surface area contributed by atoms with Crippen LogP contribution < -0.4 is 21.5 Å². The van der Waals surface area contributed by atoms with E-state index in [0.717, 1.165) is 11.1 Å². The summed E-state index contributed by atoms with van der Waals surface area (Å²) in [6, 6.07) is 18.1. The Balaban J connectivity index is 1.77. The number of halogens is 6. The number of alkyl halides is 6. The van der Waals surface area contributed by atoms with Gasteiger partial charge in [0.1, 0.15) is 11.4 Å². The van der Waals surface area contributed by atoms with E-state index in [-0.39, 0.29) is 17.8 Å². The normalized spacial score (nSPS) is 13.9. The fourth-order valence-electron chi connectivity index (χ4n) is 4.42. The second-order valence-electron chi connectivity index (χ2n) is 9.18. The molecule has 39 heavy (non-hydrogen) atoms. The molecule has 0 amide bonds. The van der Waals surface area contributed by atoms with Gasteiger partial charge >= 0.3 is 12.4 Å². The standard InChI is InChI=1S/C28H23F6N3O2/c1-37(2)24(17-11-7-4-8-12-17)21(16-9-5-3-6-10-16)36-23-22(25(38)26(23)39)35-20-14-18(27(29,30)31)13-19(15-20)28(32,33)34/h3-15,21,24,35-36H,1-2H3. The van der Waals surface area contributed by atoms with Crippen molar-refractivity contribution in [3.8, 4) is 0 Å². The maximum absolute atomic E-state index is 13.3. The van der Waals surface area contributed by atoms with E-state index in [1.807, 2.05) is 49.3 Å². The predicted octanol–water partition coefficient (Wildman–Crippen LogP) is 6.52. The molecule has 0 saturated carbocycles. The summed E-state index contributed by atoms with van der Waals surface area (Å²) in [5.41, 5.74) is -4.78. The van der Waals surface area contributed by atoms with Crippen LogP contribution in [0.15, 0.2) is 88.5 Å². The van der Waals surface area contributed by atoms with Crippen LogP contribution in [0.4, 0.5) is 43.4 Å². The van der Waals surface area contributed by atoms with E-state index in [9.17, 15) is 35.9 Å². The molecule has 0 heterocycles. The van der Waals surface area contributed by atoms with Gasteiger partial charge in [0.2, 0.25) is 0 Å². The second kappa shape index (κ2) is 10.6. The van der Waals surface area contributed by atoms with E-state index in [1.54, 1.807) is 30.3 Å². The van der Waals surface area contributed by atoms with E-state index in [2.05, 4.69) is 10.6 Å². The quantitative estimate of drug-likeness (QED) is 0.194. The Bertz CT molecular complexity index is 1480. The maximum atomic E-state index is 13.3. The van der Waals surface area contributed by atoms with Crippen molar-refractivity contribution in [3.63, 3.8) is 0 Å². The van der Waals surface area contributed by atoms with Crippen LogP contribution in [0.25, 0.3) is 0 Å². The van der Waals surface area contributed by atoms with Crippen molar-refractivity contribution in [2.24, 2.45) is 0 Å². The molecule has 0 spiro atoms. The second-order valence-corrected chi connectivity index (χ2v) is 9.18. The number of anilines is 3. The topological polar surface area (TPSA) is 61.4 Å². The van der Waals surface area contributed by atoms with Gasteiger partial charge < -0.3 is 15.5 Å². The lowest BCUT2D eigenvalue weighted by atomic mass is 9.91. The molecular formula is C28H23F6N3O2. The van der Waals surface area contributed by atoms with Crippen molar-refractivity contribution in [1.29, 1.82) is 0 Å². The summed E-state index contributed by atoms with van der Waals surface area (Å²) in [5.74, 6) is 0. The lowest BCUT2D eigenvalue weighted by Crippen LogP contribution is -2.40. The summed E-state index contributed by atoms with van der Waals surface area (Å²) in [6.07, 6.45) is -10.1. The molecule has 5 nitrogen and oxygen atoms in total. The monoisotopic (exact) mass is 547 g/mol. The lowest BCUT2D eigenvalue weighted by molar-refractivity contribution is -0.143. The molecule has 0 bridgehead atoms. The van der Waals surface area contributed by atoms with Gasteiger partial charge in [-0.15, -0.1) is 0 Å². The van der Waals surface area contributed by atoms with Crippen LogP contribution in [0.3, 0.4) is 0 Å².